The van der Waals surface area contributed by atoms with Crippen LogP contribution in [0.5, 0.6) is 0 Å². The number of thioether (sulfide) groups is 1. The maximum atomic E-state index is 11.9. The van der Waals surface area contributed by atoms with Crippen LogP contribution in [-0.4, -0.2) is 5.75 Å². The summed E-state index contributed by atoms with van der Waals surface area (Å²) in [5.41, 5.74) is 1.36. The Hall–Kier alpha value is -0.770. The van der Waals surface area contributed by atoms with E-state index >= 15 is 0 Å². The zero-order valence-corrected chi connectivity index (χ0v) is 12.6. The van der Waals surface area contributed by atoms with Gasteiger partial charge >= 0.3 is 0 Å². The molecule has 94 valence electrons. The highest BCUT2D eigenvalue weighted by Gasteiger charge is 2.03. The molecule has 2 rings (SSSR count). The highest BCUT2D eigenvalue weighted by molar-refractivity contribution is 8.01. The summed E-state index contributed by atoms with van der Waals surface area (Å²) in [6.07, 6.45) is 2.16. The predicted octanol–water partition coefficient (Wildman–Crippen LogP) is 4.97. The molecule has 1 aromatic carbocycles. The van der Waals surface area contributed by atoms with Crippen molar-refractivity contribution in [2.45, 2.75) is 18.1 Å². The SMILES string of the molecule is CC(C)=CCSc1cc(=O)c2ccc(Cl)cc2s1. The fraction of sp³-hybridized carbons (Fsp3) is 0.214. The molecule has 0 radical (unpaired) electrons. The Morgan fingerprint density at radius 2 is 2.17 bits per heavy atom. The van der Waals surface area contributed by atoms with Crippen molar-refractivity contribution in [3.05, 3.63) is 51.2 Å². The average molecular weight is 297 g/mol. The van der Waals surface area contributed by atoms with E-state index in [1.54, 1.807) is 41.3 Å². The minimum absolute atomic E-state index is 0.0696. The van der Waals surface area contributed by atoms with Gasteiger partial charge in [-0.3, -0.25) is 4.79 Å². The van der Waals surface area contributed by atoms with Crippen LogP contribution in [0.2, 0.25) is 5.02 Å². The zero-order chi connectivity index (χ0) is 13.1. The minimum Gasteiger partial charge on any atom is -0.289 e. The van der Waals surface area contributed by atoms with Crippen LogP contribution >= 0.6 is 34.7 Å². The molecule has 1 nitrogen and oxygen atoms in total. The number of benzene rings is 1. The lowest BCUT2D eigenvalue weighted by Gasteiger charge is -2.01. The van der Waals surface area contributed by atoms with Gasteiger partial charge in [-0.25, -0.2) is 0 Å². The van der Waals surface area contributed by atoms with E-state index in [9.17, 15) is 4.79 Å². The fourth-order valence-electron chi connectivity index (χ4n) is 1.47. The van der Waals surface area contributed by atoms with Crippen LogP contribution in [0.15, 0.2) is 44.9 Å². The van der Waals surface area contributed by atoms with Crippen molar-refractivity contribution in [2.75, 3.05) is 5.75 Å². The number of hydrogen-bond acceptors (Lipinski definition) is 3. The highest BCUT2D eigenvalue weighted by atomic mass is 35.5. The van der Waals surface area contributed by atoms with E-state index in [0.29, 0.717) is 5.02 Å². The van der Waals surface area contributed by atoms with Gasteiger partial charge in [0, 0.05) is 26.9 Å². The molecule has 0 saturated carbocycles. The number of rotatable bonds is 3. The van der Waals surface area contributed by atoms with Crippen molar-refractivity contribution in [1.29, 1.82) is 0 Å². The summed E-state index contributed by atoms with van der Waals surface area (Å²) in [6, 6.07) is 7.12. The van der Waals surface area contributed by atoms with E-state index in [-0.39, 0.29) is 5.43 Å². The first-order valence-electron chi connectivity index (χ1n) is 5.56. The molecular formula is C14H13ClOS2. The third-order valence-electron chi connectivity index (χ3n) is 2.39. The molecule has 0 unspecified atom stereocenters. The van der Waals surface area contributed by atoms with Gasteiger partial charge in [-0.1, -0.05) is 23.3 Å². The number of fused-ring (bicyclic) bond motifs is 1. The van der Waals surface area contributed by atoms with Crippen LogP contribution in [-0.2, 0) is 0 Å². The smallest absolute Gasteiger partial charge is 0.189 e. The van der Waals surface area contributed by atoms with Crippen LogP contribution < -0.4 is 5.43 Å². The second-order valence-electron chi connectivity index (χ2n) is 4.16. The Labute approximate surface area is 119 Å². The standard InChI is InChI=1S/C14H13ClOS2/c1-9(2)5-6-17-14-8-12(16)11-4-3-10(15)7-13(11)18-14/h3-5,7-8H,6H2,1-2H3. The van der Waals surface area contributed by atoms with Crippen LogP contribution in [0.1, 0.15) is 13.8 Å². The quantitative estimate of drug-likeness (QED) is 0.587. The van der Waals surface area contributed by atoms with Crippen molar-refractivity contribution in [2.24, 2.45) is 0 Å². The predicted molar refractivity (Wildman–Crippen MR) is 83.3 cm³/mol. The van der Waals surface area contributed by atoms with Crippen LogP contribution in [0.25, 0.3) is 10.1 Å². The summed E-state index contributed by atoms with van der Waals surface area (Å²) < 4.78 is 1.99. The maximum absolute atomic E-state index is 11.9. The third kappa shape index (κ3) is 3.37. The molecule has 0 aliphatic rings. The summed E-state index contributed by atoms with van der Waals surface area (Å²) in [4.78, 5) is 11.9. The van der Waals surface area contributed by atoms with Crippen molar-refractivity contribution in [3.8, 4) is 0 Å². The van der Waals surface area contributed by atoms with Gasteiger partial charge in [0.1, 0.15) is 0 Å². The monoisotopic (exact) mass is 296 g/mol. The Kier molecular flexibility index (Phi) is 4.49. The molecule has 0 N–H and O–H groups in total. The van der Waals surface area contributed by atoms with Gasteiger partial charge in [0.25, 0.3) is 0 Å². The molecule has 0 fully saturated rings. The lowest BCUT2D eigenvalue weighted by atomic mass is 10.2. The number of allylic oxidation sites excluding steroid dienone is 1. The molecule has 4 heteroatoms. The van der Waals surface area contributed by atoms with Crippen molar-refractivity contribution in [3.63, 3.8) is 0 Å². The van der Waals surface area contributed by atoms with Gasteiger partial charge in [-0.2, -0.15) is 0 Å². The molecular weight excluding hydrogens is 284 g/mol. The van der Waals surface area contributed by atoms with Gasteiger partial charge in [-0.15, -0.1) is 23.1 Å². The maximum Gasteiger partial charge on any atom is 0.189 e. The van der Waals surface area contributed by atoms with Gasteiger partial charge in [0.2, 0.25) is 0 Å². The van der Waals surface area contributed by atoms with Crippen LogP contribution in [0, 0.1) is 0 Å². The topological polar surface area (TPSA) is 17.1 Å². The third-order valence-corrected chi connectivity index (χ3v) is 4.84. The van der Waals surface area contributed by atoms with Crippen molar-refractivity contribution >= 4 is 44.8 Å². The number of hydrogen-bond donors (Lipinski definition) is 0. The Morgan fingerprint density at radius 3 is 2.89 bits per heavy atom. The van der Waals surface area contributed by atoms with Crippen molar-refractivity contribution in [1.82, 2.24) is 0 Å². The second kappa shape index (κ2) is 5.91. The van der Waals surface area contributed by atoms with E-state index in [1.807, 2.05) is 6.07 Å². The molecule has 0 atom stereocenters. The normalized spacial score (nSPS) is 10.6. The first kappa shape index (κ1) is 13.7. The van der Waals surface area contributed by atoms with E-state index in [0.717, 1.165) is 20.0 Å². The van der Waals surface area contributed by atoms with Gasteiger partial charge < -0.3 is 0 Å². The van der Waals surface area contributed by atoms with Crippen molar-refractivity contribution < 1.29 is 0 Å². The molecule has 0 aliphatic carbocycles. The first-order chi connectivity index (χ1) is 8.56. The first-order valence-corrected chi connectivity index (χ1v) is 7.74. The lowest BCUT2D eigenvalue weighted by Crippen LogP contribution is -1.98. The zero-order valence-electron chi connectivity index (χ0n) is 10.2. The largest absolute Gasteiger partial charge is 0.289 e. The molecule has 0 amide bonds. The Bertz CT molecular complexity index is 654. The summed E-state index contributed by atoms with van der Waals surface area (Å²) in [6.45, 7) is 4.15. The highest BCUT2D eigenvalue weighted by Crippen LogP contribution is 2.29. The fourth-order valence-corrected chi connectivity index (χ4v) is 4.03. The summed E-state index contributed by atoms with van der Waals surface area (Å²) >= 11 is 9.26. The van der Waals surface area contributed by atoms with E-state index in [1.165, 1.54) is 5.57 Å². The van der Waals surface area contributed by atoms with Crippen LogP contribution in [0.4, 0.5) is 0 Å². The van der Waals surface area contributed by atoms with Gasteiger partial charge in [0.15, 0.2) is 5.43 Å². The average Bonchev–Trinajstić information content (AvgIpc) is 2.27. The number of halogens is 1. The molecule has 2 aromatic rings. The molecule has 1 heterocycles. The van der Waals surface area contributed by atoms with Crippen LogP contribution in [0.3, 0.4) is 0 Å². The van der Waals surface area contributed by atoms with Gasteiger partial charge in [-0.05, 0) is 32.0 Å². The summed E-state index contributed by atoms with van der Waals surface area (Å²) in [7, 11) is 0. The molecule has 1 aromatic heterocycles. The molecule has 0 bridgehead atoms. The minimum atomic E-state index is 0.0696. The molecule has 0 spiro atoms. The van der Waals surface area contributed by atoms with Gasteiger partial charge in [0.05, 0.1) is 4.21 Å². The van der Waals surface area contributed by atoms with E-state index in [4.69, 9.17) is 11.6 Å². The summed E-state index contributed by atoms with van der Waals surface area (Å²) in [5.74, 6) is 0.893. The molecule has 0 aliphatic heterocycles. The molecule has 18 heavy (non-hydrogen) atoms. The second-order valence-corrected chi connectivity index (χ2v) is 7.00. The van der Waals surface area contributed by atoms with E-state index < -0.39 is 0 Å². The Balaban J connectivity index is 2.36. The molecule has 0 saturated heterocycles. The Morgan fingerprint density at radius 1 is 1.39 bits per heavy atom. The van der Waals surface area contributed by atoms with E-state index in [2.05, 4.69) is 19.9 Å². The lowest BCUT2D eigenvalue weighted by molar-refractivity contribution is 1.37. The summed E-state index contributed by atoms with van der Waals surface area (Å²) in [5, 5.41) is 1.42.